The smallest absolute Gasteiger partial charge is 0.387 e. The van der Waals surface area contributed by atoms with Gasteiger partial charge in [-0.05, 0) is 48.9 Å². The van der Waals surface area contributed by atoms with Gasteiger partial charge in [-0.2, -0.15) is 8.78 Å². The molecule has 0 heterocycles. The van der Waals surface area contributed by atoms with Crippen LogP contribution in [0.1, 0.15) is 5.56 Å². The van der Waals surface area contributed by atoms with E-state index < -0.39 is 16.6 Å². The number of benzene rings is 2. The molecule has 0 unspecified atom stereocenters. The van der Waals surface area contributed by atoms with Crippen LogP contribution in [0.15, 0.2) is 41.3 Å². The summed E-state index contributed by atoms with van der Waals surface area (Å²) in [6, 6.07) is 8.01. The van der Waals surface area contributed by atoms with Crippen molar-refractivity contribution in [3.8, 4) is 11.5 Å². The number of hydrogen-bond donors (Lipinski definition) is 1. The van der Waals surface area contributed by atoms with Crippen LogP contribution >= 0.6 is 11.6 Å². The highest BCUT2D eigenvalue weighted by Crippen LogP contribution is 2.30. The lowest BCUT2D eigenvalue weighted by Gasteiger charge is -2.12. The number of anilines is 1. The molecule has 0 fully saturated rings. The van der Waals surface area contributed by atoms with E-state index in [4.69, 9.17) is 16.3 Å². The molecule has 0 spiro atoms. The van der Waals surface area contributed by atoms with Gasteiger partial charge in [0, 0.05) is 0 Å². The van der Waals surface area contributed by atoms with Crippen LogP contribution in [0.25, 0.3) is 0 Å². The van der Waals surface area contributed by atoms with Crippen LogP contribution in [0.5, 0.6) is 11.5 Å². The summed E-state index contributed by atoms with van der Waals surface area (Å²) < 4.78 is 60.8. The predicted octanol–water partition coefficient (Wildman–Crippen LogP) is 4.06. The Labute approximate surface area is 143 Å². The molecule has 130 valence electrons. The number of halogens is 3. The second-order valence-electron chi connectivity index (χ2n) is 4.76. The zero-order valence-electron chi connectivity index (χ0n) is 12.7. The van der Waals surface area contributed by atoms with E-state index in [2.05, 4.69) is 9.46 Å². The van der Waals surface area contributed by atoms with Crippen LogP contribution < -0.4 is 14.2 Å². The molecule has 2 rings (SSSR count). The van der Waals surface area contributed by atoms with E-state index in [1.165, 1.54) is 37.4 Å². The number of alkyl halides is 2. The predicted molar refractivity (Wildman–Crippen MR) is 86.6 cm³/mol. The SMILES string of the molecule is COc1ccc(S(=O)(=O)Nc2ccc(OC(F)F)c(Cl)c2)cc1C. The van der Waals surface area contributed by atoms with E-state index >= 15 is 0 Å². The molecule has 1 N–H and O–H groups in total. The van der Waals surface area contributed by atoms with Crippen molar-refractivity contribution in [1.29, 1.82) is 0 Å². The first kappa shape index (κ1) is 18.3. The lowest BCUT2D eigenvalue weighted by Crippen LogP contribution is -2.13. The number of nitrogens with one attached hydrogen (secondary N) is 1. The molecule has 24 heavy (non-hydrogen) atoms. The average Bonchev–Trinajstić information content (AvgIpc) is 2.49. The molecule has 0 radical (unpaired) electrons. The summed E-state index contributed by atoms with van der Waals surface area (Å²) in [7, 11) is -2.38. The quantitative estimate of drug-likeness (QED) is 0.824. The Kier molecular flexibility index (Phi) is 5.51. The van der Waals surface area contributed by atoms with Crippen molar-refractivity contribution in [2.45, 2.75) is 18.4 Å². The number of ether oxygens (including phenoxy) is 2. The summed E-state index contributed by atoms with van der Waals surface area (Å²) in [5, 5.41) is -0.138. The van der Waals surface area contributed by atoms with Gasteiger partial charge in [0.2, 0.25) is 0 Å². The van der Waals surface area contributed by atoms with Crippen molar-refractivity contribution in [2.24, 2.45) is 0 Å². The maximum Gasteiger partial charge on any atom is 0.387 e. The van der Waals surface area contributed by atoms with Crippen LogP contribution in [0.3, 0.4) is 0 Å². The molecule has 2 aromatic rings. The maximum absolute atomic E-state index is 12.4. The standard InChI is InChI=1S/C15H14ClF2NO4S/c1-9-7-11(4-6-13(9)22-2)24(20,21)19-10-3-5-14(12(16)8-10)23-15(17)18/h3-8,15,19H,1-2H3. The fraction of sp³-hybridized carbons (Fsp3) is 0.200. The molecule has 0 saturated heterocycles. The second kappa shape index (κ2) is 7.23. The van der Waals surface area contributed by atoms with E-state index in [9.17, 15) is 17.2 Å². The zero-order valence-corrected chi connectivity index (χ0v) is 14.3. The summed E-state index contributed by atoms with van der Waals surface area (Å²) in [6.45, 7) is -1.31. The first-order chi connectivity index (χ1) is 11.2. The zero-order chi connectivity index (χ0) is 17.9. The maximum atomic E-state index is 12.4. The minimum absolute atomic E-state index is 0.0322. The Morgan fingerprint density at radius 2 is 1.79 bits per heavy atom. The first-order valence-corrected chi connectivity index (χ1v) is 8.51. The third-order valence-electron chi connectivity index (χ3n) is 3.08. The molecule has 0 bridgehead atoms. The fourth-order valence-electron chi connectivity index (χ4n) is 1.99. The molecule has 0 aliphatic rings. The number of methoxy groups -OCH3 is 1. The van der Waals surface area contributed by atoms with Gasteiger partial charge < -0.3 is 9.47 Å². The van der Waals surface area contributed by atoms with Gasteiger partial charge in [-0.3, -0.25) is 4.72 Å². The van der Waals surface area contributed by atoms with Crippen molar-refractivity contribution >= 4 is 27.3 Å². The van der Waals surface area contributed by atoms with Gasteiger partial charge in [0.05, 0.1) is 22.7 Å². The molecule has 9 heteroatoms. The van der Waals surface area contributed by atoms with Gasteiger partial charge in [-0.15, -0.1) is 0 Å². The summed E-state index contributed by atoms with van der Waals surface area (Å²) >= 11 is 5.80. The average molecular weight is 378 g/mol. The lowest BCUT2D eigenvalue weighted by molar-refractivity contribution is -0.0497. The molecule has 2 aromatic carbocycles. The van der Waals surface area contributed by atoms with E-state index in [0.29, 0.717) is 11.3 Å². The van der Waals surface area contributed by atoms with Gasteiger partial charge in [0.25, 0.3) is 10.0 Å². The number of sulfonamides is 1. The summed E-state index contributed by atoms with van der Waals surface area (Å²) in [4.78, 5) is 0.0322. The molecule has 0 atom stereocenters. The monoisotopic (exact) mass is 377 g/mol. The van der Waals surface area contributed by atoms with Crippen molar-refractivity contribution in [3.05, 3.63) is 47.0 Å². The van der Waals surface area contributed by atoms with Crippen LogP contribution in [0, 0.1) is 6.92 Å². The molecular formula is C15H14ClF2NO4S. The molecule has 0 saturated carbocycles. The van der Waals surface area contributed by atoms with E-state index in [1.54, 1.807) is 6.92 Å². The Bertz CT molecular complexity index is 843. The first-order valence-electron chi connectivity index (χ1n) is 6.65. The Morgan fingerprint density at radius 1 is 1.12 bits per heavy atom. The molecule has 0 aromatic heterocycles. The highest BCUT2D eigenvalue weighted by atomic mass is 35.5. The molecule has 0 aliphatic heterocycles. The Hall–Kier alpha value is -2.06. The highest BCUT2D eigenvalue weighted by molar-refractivity contribution is 7.92. The van der Waals surface area contributed by atoms with Gasteiger partial charge in [-0.25, -0.2) is 8.42 Å². The second-order valence-corrected chi connectivity index (χ2v) is 6.85. The Morgan fingerprint density at radius 3 is 2.33 bits per heavy atom. The van der Waals surface area contributed by atoms with Crippen molar-refractivity contribution in [2.75, 3.05) is 11.8 Å². The van der Waals surface area contributed by atoms with Crippen LogP contribution in [-0.4, -0.2) is 22.1 Å². The topological polar surface area (TPSA) is 64.6 Å². The van der Waals surface area contributed by atoms with Crippen LogP contribution in [0.4, 0.5) is 14.5 Å². The minimum Gasteiger partial charge on any atom is -0.496 e. The van der Waals surface area contributed by atoms with E-state index in [-0.39, 0.29) is 21.4 Å². The van der Waals surface area contributed by atoms with Crippen LogP contribution in [-0.2, 0) is 10.0 Å². The van der Waals surface area contributed by atoms with E-state index in [1.807, 2.05) is 0 Å². The number of rotatable bonds is 6. The molecular weight excluding hydrogens is 364 g/mol. The third kappa shape index (κ3) is 4.27. The summed E-state index contributed by atoms with van der Waals surface area (Å²) in [5.74, 6) is 0.320. The van der Waals surface area contributed by atoms with Crippen molar-refractivity contribution < 1.29 is 26.7 Å². The molecule has 0 aliphatic carbocycles. The van der Waals surface area contributed by atoms with Gasteiger partial charge in [-0.1, -0.05) is 11.6 Å². The Balaban J connectivity index is 2.26. The number of hydrogen-bond acceptors (Lipinski definition) is 4. The summed E-state index contributed by atoms with van der Waals surface area (Å²) in [5.41, 5.74) is 0.772. The molecule has 5 nitrogen and oxygen atoms in total. The minimum atomic E-state index is -3.87. The fourth-order valence-corrected chi connectivity index (χ4v) is 3.35. The van der Waals surface area contributed by atoms with E-state index in [0.717, 1.165) is 6.07 Å². The third-order valence-corrected chi connectivity index (χ3v) is 4.75. The normalized spacial score (nSPS) is 11.4. The highest BCUT2D eigenvalue weighted by Gasteiger charge is 2.17. The van der Waals surface area contributed by atoms with Crippen molar-refractivity contribution in [1.82, 2.24) is 0 Å². The van der Waals surface area contributed by atoms with Gasteiger partial charge >= 0.3 is 6.61 Å². The summed E-state index contributed by atoms with van der Waals surface area (Å²) in [6.07, 6.45) is 0. The van der Waals surface area contributed by atoms with Gasteiger partial charge in [0.1, 0.15) is 11.5 Å². The van der Waals surface area contributed by atoms with Gasteiger partial charge in [0.15, 0.2) is 0 Å². The largest absolute Gasteiger partial charge is 0.496 e. The number of aryl methyl sites for hydroxylation is 1. The lowest BCUT2D eigenvalue weighted by atomic mass is 10.2. The van der Waals surface area contributed by atoms with Crippen LogP contribution in [0.2, 0.25) is 5.02 Å². The van der Waals surface area contributed by atoms with Crippen molar-refractivity contribution in [3.63, 3.8) is 0 Å². The molecule has 0 amide bonds.